The summed E-state index contributed by atoms with van der Waals surface area (Å²) in [4.78, 5) is 0. The van der Waals surface area contributed by atoms with Gasteiger partial charge in [-0.1, -0.05) is 46.0 Å². The third-order valence-corrected chi connectivity index (χ3v) is 3.98. The SMILES string of the molecule is CCCC(C)C1(C(F)(F)F)CCCCC1. The lowest BCUT2D eigenvalue weighted by Gasteiger charge is -2.43. The zero-order valence-electron chi connectivity index (χ0n) is 9.66. The highest BCUT2D eigenvalue weighted by Gasteiger charge is 2.56. The summed E-state index contributed by atoms with van der Waals surface area (Å²) < 4.78 is 39.5. The van der Waals surface area contributed by atoms with Gasteiger partial charge in [0.15, 0.2) is 0 Å². The van der Waals surface area contributed by atoms with E-state index >= 15 is 0 Å². The summed E-state index contributed by atoms with van der Waals surface area (Å²) in [6.07, 6.45) is 0.674. The molecule has 90 valence electrons. The lowest BCUT2D eigenvalue weighted by atomic mass is 9.64. The number of halogens is 3. The van der Waals surface area contributed by atoms with E-state index in [0.29, 0.717) is 19.3 Å². The summed E-state index contributed by atoms with van der Waals surface area (Å²) >= 11 is 0. The first-order valence-electron chi connectivity index (χ1n) is 6.01. The van der Waals surface area contributed by atoms with Crippen molar-refractivity contribution in [1.29, 1.82) is 0 Å². The van der Waals surface area contributed by atoms with Gasteiger partial charge in [0.25, 0.3) is 0 Å². The summed E-state index contributed by atoms with van der Waals surface area (Å²) in [6, 6.07) is 0. The molecule has 1 aliphatic rings. The van der Waals surface area contributed by atoms with E-state index in [1.54, 1.807) is 6.92 Å². The Morgan fingerprint density at radius 3 is 2.07 bits per heavy atom. The van der Waals surface area contributed by atoms with Crippen LogP contribution in [-0.2, 0) is 0 Å². The number of rotatable bonds is 3. The van der Waals surface area contributed by atoms with E-state index in [1.807, 2.05) is 6.92 Å². The van der Waals surface area contributed by atoms with Crippen LogP contribution in [0.25, 0.3) is 0 Å². The van der Waals surface area contributed by atoms with Crippen molar-refractivity contribution in [2.24, 2.45) is 11.3 Å². The van der Waals surface area contributed by atoms with Crippen molar-refractivity contribution >= 4 is 0 Å². The molecule has 0 saturated heterocycles. The van der Waals surface area contributed by atoms with Crippen molar-refractivity contribution in [3.05, 3.63) is 0 Å². The fourth-order valence-corrected chi connectivity index (χ4v) is 2.95. The van der Waals surface area contributed by atoms with Crippen molar-refractivity contribution in [1.82, 2.24) is 0 Å². The molecule has 3 heteroatoms. The average Bonchev–Trinajstić information content (AvgIpc) is 2.17. The number of alkyl halides is 3. The lowest BCUT2D eigenvalue weighted by Crippen LogP contribution is -2.44. The van der Waals surface area contributed by atoms with Crippen LogP contribution < -0.4 is 0 Å². The van der Waals surface area contributed by atoms with Gasteiger partial charge in [0.1, 0.15) is 0 Å². The van der Waals surface area contributed by atoms with Gasteiger partial charge >= 0.3 is 6.18 Å². The smallest absolute Gasteiger partial charge is 0.170 e. The van der Waals surface area contributed by atoms with Crippen molar-refractivity contribution in [3.8, 4) is 0 Å². The maximum absolute atomic E-state index is 13.2. The molecule has 0 N–H and O–H groups in total. The molecule has 0 radical (unpaired) electrons. The third-order valence-electron chi connectivity index (χ3n) is 3.98. The first-order chi connectivity index (χ1) is 6.94. The van der Waals surface area contributed by atoms with Crippen LogP contribution in [0.15, 0.2) is 0 Å². The third kappa shape index (κ3) is 2.48. The monoisotopic (exact) mass is 222 g/mol. The molecule has 0 spiro atoms. The Labute approximate surface area is 90.2 Å². The van der Waals surface area contributed by atoms with Gasteiger partial charge in [0.05, 0.1) is 5.41 Å². The van der Waals surface area contributed by atoms with Crippen LogP contribution in [0.4, 0.5) is 13.2 Å². The molecule has 1 fully saturated rings. The van der Waals surface area contributed by atoms with Crippen LogP contribution in [0, 0.1) is 11.3 Å². The van der Waals surface area contributed by atoms with E-state index in [0.717, 1.165) is 25.7 Å². The molecule has 0 aromatic carbocycles. The summed E-state index contributed by atoms with van der Waals surface area (Å²) in [6.45, 7) is 3.74. The predicted octanol–water partition coefficient (Wildman–Crippen LogP) is 4.94. The Morgan fingerprint density at radius 2 is 1.67 bits per heavy atom. The van der Waals surface area contributed by atoms with Crippen molar-refractivity contribution in [2.45, 2.75) is 65.0 Å². The quantitative estimate of drug-likeness (QED) is 0.634. The van der Waals surface area contributed by atoms with E-state index in [9.17, 15) is 13.2 Å². The second-order valence-corrected chi connectivity index (χ2v) is 4.90. The second kappa shape index (κ2) is 4.75. The van der Waals surface area contributed by atoms with Crippen LogP contribution in [0.5, 0.6) is 0 Å². The topological polar surface area (TPSA) is 0 Å². The Morgan fingerprint density at radius 1 is 1.13 bits per heavy atom. The largest absolute Gasteiger partial charge is 0.394 e. The highest BCUT2D eigenvalue weighted by molar-refractivity contribution is 4.92. The van der Waals surface area contributed by atoms with Crippen molar-refractivity contribution in [2.75, 3.05) is 0 Å². The van der Waals surface area contributed by atoms with Gasteiger partial charge in [-0.3, -0.25) is 0 Å². The zero-order chi connectivity index (χ0) is 11.5. The van der Waals surface area contributed by atoms with Gasteiger partial charge in [-0.05, 0) is 18.8 Å². The van der Waals surface area contributed by atoms with Gasteiger partial charge in [-0.15, -0.1) is 0 Å². The van der Waals surface area contributed by atoms with E-state index in [4.69, 9.17) is 0 Å². The Balaban J connectivity index is 2.84. The van der Waals surface area contributed by atoms with Crippen molar-refractivity contribution < 1.29 is 13.2 Å². The first-order valence-corrected chi connectivity index (χ1v) is 6.01. The zero-order valence-corrected chi connectivity index (χ0v) is 9.66. The number of hydrogen-bond acceptors (Lipinski definition) is 0. The molecule has 0 aromatic rings. The minimum atomic E-state index is -4.01. The van der Waals surface area contributed by atoms with Crippen LogP contribution in [0.1, 0.15) is 58.8 Å². The van der Waals surface area contributed by atoms with Gasteiger partial charge in [-0.2, -0.15) is 13.2 Å². The molecule has 15 heavy (non-hydrogen) atoms. The maximum atomic E-state index is 13.2. The van der Waals surface area contributed by atoms with Gasteiger partial charge in [0.2, 0.25) is 0 Å². The Hall–Kier alpha value is -0.210. The number of hydrogen-bond donors (Lipinski definition) is 0. The Bertz CT molecular complexity index is 190. The molecule has 1 aliphatic carbocycles. The van der Waals surface area contributed by atoms with Crippen LogP contribution >= 0.6 is 0 Å². The fourth-order valence-electron chi connectivity index (χ4n) is 2.95. The van der Waals surface area contributed by atoms with Gasteiger partial charge in [0, 0.05) is 0 Å². The highest BCUT2D eigenvalue weighted by atomic mass is 19.4. The Kier molecular flexibility index (Phi) is 4.07. The average molecular weight is 222 g/mol. The molecule has 0 aromatic heterocycles. The molecular weight excluding hydrogens is 201 g/mol. The van der Waals surface area contributed by atoms with E-state index in [-0.39, 0.29) is 5.92 Å². The summed E-state index contributed by atoms with van der Waals surface area (Å²) in [7, 11) is 0. The molecule has 0 bridgehead atoms. The minimum absolute atomic E-state index is 0.220. The lowest BCUT2D eigenvalue weighted by molar-refractivity contribution is -0.253. The standard InChI is InChI=1S/C12H21F3/c1-3-7-10(2)11(12(13,14)15)8-5-4-6-9-11/h10H,3-9H2,1-2H3. The molecule has 1 rings (SSSR count). The van der Waals surface area contributed by atoms with E-state index in [1.165, 1.54) is 0 Å². The van der Waals surface area contributed by atoms with E-state index in [2.05, 4.69) is 0 Å². The summed E-state index contributed by atoms with van der Waals surface area (Å²) in [5.41, 5.74) is -1.37. The molecule has 0 heterocycles. The van der Waals surface area contributed by atoms with Gasteiger partial charge in [-0.25, -0.2) is 0 Å². The molecule has 0 amide bonds. The summed E-state index contributed by atoms with van der Waals surface area (Å²) in [5, 5.41) is 0. The molecule has 1 saturated carbocycles. The van der Waals surface area contributed by atoms with Crippen molar-refractivity contribution in [3.63, 3.8) is 0 Å². The second-order valence-electron chi connectivity index (χ2n) is 4.90. The van der Waals surface area contributed by atoms with E-state index < -0.39 is 11.6 Å². The molecule has 0 aliphatic heterocycles. The normalized spacial score (nSPS) is 23.8. The predicted molar refractivity (Wildman–Crippen MR) is 55.6 cm³/mol. The molecule has 1 unspecified atom stereocenters. The van der Waals surface area contributed by atoms with Gasteiger partial charge < -0.3 is 0 Å². The molecule has 0 nitrogen and oxygen atoms in total. The molecular formula is C12H21F3. The first kappa shape index (κ1) is 12.9. The summed E-state index contributed by atoms with van der Waals surface area (Å²) in [5.74, 6) is -0.220. The van der Waals surface area contributed by atoms with Crippen LogP contribution in [-0.4, -0.2) is 6.18 Å². The highest BCUT2D eigenvalue weighted by Crippen LogP contribution is 2.54. The molecule has 1 atom stereocenters. The maximum Gasteiger partial charge on any atom is 0.394 e. The van der Waals surface area contributed by atoms with Crippen LogP contribution in [0.2, 0.25) is 0 Å². The fraction of sp³-hybridized carbons (Fsp3) is 1.00. The minimum Gasteiger partial charge on any atom is -0.170 e. The van der Waals surface area contributed by atoms with Crippen LogP contribution in [0.3, 0.4) is 0 Å².